The smallest absolute Gasteiger partial charge is 0.146 e. The number of carbonyl (C=O) groups is 1. The normalized spacial score (nSPS) is 36.8. The summed E-state index contributed by atoms with van der Waals surface area (Å²) in [6.07, 6.45) is 4.47. The van der Waals surface area contributed by atoms with E-state index in [0.717, 1.165) is 30.3 Å². The molecular weight excluding hydrogens is 176 g/mol. The summed E-state index contributed by atoms with van der Waals surface area (Å²) >= 11 is 0. The molecule has 0 bridgehead atoms. The highest BCUT2D eigenvalue weighted by Crippen LogP contribution is 2.44. The van der Waals surface area contributed by atoms with E-state index in [9.17, 15) is 9.90 Å². The molecule has 2 aliphatic carbocycles. The highest BCUT2D eigenvalue weighted by Gasteiger charge is 2.37. The standard InChI is InChI=1S/C12H16O2/c1-7-3-4-9-10(7)5-12(14)8(2)11(9)6-13/h3,6,9-10,12,14H,4-5H2,1-2H3/t9-,10+,12-/m0/s1. The molecule has 0 spiro atoms. The van der Waals surface area contributed by atoms with E-state index in [2.05, 4.69) is 13.0 Å². The number of aliphatic hydroxyl groups excluding tert-OH is 1. The minimum atomic E-state index is -0.419. The maximum Gasteiger partial charge on any atom is 0.146 e. The lowest BCUT2D eigenvalue weighted by molar-refractivity contribution is -0.105. The van der Waals surface area contributed by atoms with Gasteiger partial charge in [-0.25, -0.2) is 0 Å². The molecule has 1 N–H and O–H groups in total. The average Bonchev–Trinajstić information content (AvgIpc) is 2.51. The Labute approximate surface area is 84.3 Å². The van der Waals surface area contributed by atoms with E-state index in [-0.39, 0.29) is 0 Å². The van der Waals surface area contributed by atoms with Gasteiger partial charge >= 0.3 is 0 Å². The van der Waals surface area contributed by atoms with E-state index >= 15 is 0 Å². The Morgan fingerprint density at radius 1 is 1.43 bits per heavy atom. The zero-order chi connectivity index (χ0) is 10.3. The molecule has 2 aliphatic rings. The van der Waals surface area contributed by atoms with Crippen molar-refractivity contribution in [3.05, 3.63) is 22.8 Å². The third-order valence-electron chi connectivity index (χ3n) is 3.72. The molecular formula is C12H16O2. The monoisotopic (exact) mass is 192 g/mol. The van der Waals surface area contributed by atoms with Crippen LogP contribution in [-0.4, -0.2) is 17.5 Å². The average molecular weight is 192 g/mol. The topological polar surface area (TPSA) is 37.3 Å². The van der Waals surface area contributed by atoms with Gasteiger partial charge in [0, 0.05) is 0 Å². The zero-order valence-corrected chi connectivity index (χ0v) is 8.66. The van der Waals surface area contributed by atoms with Crippen molar-refractivity contribution in [3.63, 3.8) is 0 Å². The van der Waals surface area contributed by atoms with E-state index in [4.69, 9.17) is 0 Å². The number of allylic oxidation sites excluding steroid dienone is 3. The summed E-state index contributed by atoms with van der Waals surface area (Å²) in [5, 5.41) is 9.80. The minimum Gasteiger partial charge on any atom is -0.389 e. The van der Waals surface area contributed by atoms with Gasteiger partial charge in [0.25, 0.3) is 0 Å². The van der Waals surface area contributed by atoms with Crippen LogP contribution >= 0.6 is 0 Å². The van der Waals surface area contributed by atoms with Gasteiger partial charge in [0.05, 0.1) is 6.10 Å². The first-order valence-corrected chi connectivity index (χ1v) is 5.15. The van der Waals surface area contributed by atoms with E-state index < -0.39 is 6.10 Å². The summed E-state index contributed by atoms with van der Waals surface area (Å²) in [6, 6.07) is 0. The number of rotatable bonds is 1. The third kappa shape index (κ3) is 1.25. The molecule has 14 heavy (non-hydrogen) atoms. The van der Waals surface area contributed by atoms with Crippen LogP contribution in [0.4, 0.5) is 0 Å². The predicted octanol–water partition coefficient (Wildman–Crippen LogP) is 1.85. The summed E-state index contributed by atoms with van der Waals surface area (Å²) in [4.78, 5) is 11.0. The molecule has 0 radical (unpaired) electrons. The van der Waals surface area contributed by atoms with Gasteiger partial charge in [0.2, 0.25) is 0 Å². The van der Waals surface area contributed by atoms with Crippen molar-refractivity contribution in [2.75, 3.05) is 0 Å². The molecule has 3 atom stereocenters. The van der Waals surface area contributed by atoms with Crippen LogP contribution in [0.5, 0.6) is 0 Å². The maximum atomic E-state index is 11.0. The van der Waals surface area contributed by atoms with Crippen molar-refractivity contribution in [1.82, 2.24) is 0 Å². The number of fused-ring (bicyclic) bond motifs is 1. The van der Waals surface area contributed by atoms with Crippen LogP contribution in [0.3, 0.4) is 0 Å². The molecule has 76 valence electrons. The summed E-state index contributed by atoms with van der Waals surface area (Å²) in [5.41, 5.74) is 3.05. The van der Waals surface area contributed by atoms with Crippen LogP contribution in [0.2, 0.25) is 0 Å². The molecule has 0 saturated carbocycles. The lowest BCUT2D eigenvalue weighted by atomic mass is 9.74. The SMILES string of the molecule is CC1=CC[C@@H]2C(C=O)=C(C)[C@@H](O)C[C@H]12. The predicted molar refractivity (Wildman–Crippen MR) is 54.7 cm³/mol. The second-order valence-electron chi connectivity index (χ2n) is 4.40. The lowest BCUT2D eigenvalue weighted by Gasteiger charge is -2.32. The Bertz CT molecular complexity index is 325. The fraction of sp³-hybridized carbons (Fsp3) is 0.583. The van der Waals surface area contributed by atoms with Crippen LogP contribution in [0, 0.1) is 11.8 Å². The molecule has 2 rings (SSSR count). The van der Waals surface area contributed by atoms with Crippen molar-refractivity contribution >= 4 is 6.29 Å². The molecule has 0 unspecified atom stereocenters. The highest BCUT2D eigenvalue weighted by atomic mass is 16.3. The number of aldehydes is 1. The van der Waals surface area contributed by atoms with Crippen LogP contribution in [0.1, 0.15) is 26.7 Å². The van der Waals surface area contributed by atoms with Gasteiger partial charge in [0.1, 0.15) is 6.29 Å². The Morgan fingerprint density at radius 2 is 2.14 bits per heavy atom. The van der Waals surface area contributed by atoms with Crippen LogP contribution in [-0.2, 0) is 4.79 Å². The second-order valence-corrected chi connectivity index (χ2v) is 4.40. The van der Waals surface area contributed by atoms with Crippen molar-refractivity contribution in [3.8, 4) is 0 Å². The molecule has 0 amide bonds. The van der Waals surface area contributed by atoms with E-state index in [1.165, 1.54) is 5.57 Å². The molecule has 2 heteroatoms. The summed E-state index contributed by atoms with van der Waals surface area (Å²) in [6.45, 7) is 3.97. The van der Waals surface area contributed by atoms with Gasteiger partial charge in [-0.05, 0) is 49.7 Å². The van der Waals surface area contributed by atoms with Gasteiger partial charge in [-0.3, -0.25) is 4.79 Å². The largest absolute Gasteiger partial charge is 0.389 e. The van der Waals surface area contributed by atoms with Gasteiger partial charge in [0.15, 0.2) is 0 Å². The Balaban J connectivity index is 2.38. The van der Waals surface area contributed by atoms with E-state index in [1.54, 1.807) is 0 Å². The third-order valence-corrected chi connectivity index (χ3v) is 3.72. The summed E-state index contributed by atoms with van der Waals surface area (Å²) < 4.78 is 0. The Kier molecular flexibility index (Phi) is 2.31. The summed E-state index contributed by atoms with van der Waals surface area (Å²) in [5.74, 6) is 0.741. The Hall–Kier alpha value is -0.890. The van der Waals surface area contributed by atoms with Crippen LogP contribution in [0.25, 0.3) is 0 Å². The Morgan fingerprint density at radius 3 is 2.79 bits per heavy atom. The van der Waals surface area contributed by atoms with Gasteiger partial charge < -0.3 is 5.11 Å². The van der Waals surface area contributed by atoms with Crippen molar-refractivity contribution in [1.29, 1.82) is 0 Å². The van der Waals surface area contributed by atoms with Gasteiger partial charge in [-0.15, -0.1) is 0 Å². The van der Waals surface area contributed by atoms with Gasteiger partial charge in [-0.1, -0.05) is 11.6 Å². The fourth-order valence-electron chi connectivity index (χ4n) is 2.72. The van der Waals surface area contributed by atoms with Crippen molar-refractivity contribution in [2.45, 2.75) is 32.8 Å². The molecule has 0 aromatic rings. The molecule has 2 nitrogen and oxygen atoms in total. The minimum absolute atomic E-state index is 0.343. The van der Waals surface area contributed by atoms with E-state index in [1.807, 2.05) is 6.92 Å². The number of hydrogen-bond donors (Lipinski definition) is 1. The first kappa shape index (κ1) is 9.66. The van der Waals surface area contributed by atoms with Gasteiger partial charge in [-0.2, -0.15) is 0 Å². The first-order chi connectivity index (χ1) is 6.65. The van der Waals surface area contributed by atoms with Crippen LogP contribution < -0.4 is 0 Å². The fourth-order valence-corrected chi connectivity index (χ4v) is 2.72. The molecule has 0 heterocycles. The molecule has 0 aliphatic heterocycles. The number of carbonyl (C=O) groups excluding carboxylic acids is 1. The molecule has 0 aromatic heterocycles. The van der Waals surface area contributed by atoms with Crippen LogP contribution in [0.15, 0.2) is 22.8 Å². The summed E-state index contributed by atoms with van der Waals surface area (Å²) in [7, 11) is 0. The molecule has 0 fully saturated rings. The quantitative estimate of drug-likeness (QED) is 0.508. The molecule has 0 aromatic carbocycles. The lowest BCUT2D eigenvalue weighted by Crippen LogP contribution is -2.29. The highest BCUT2D eigenvalue weighted by molar-refractivity contribution is 5.76. The van der Waals surface area contributed by atoms with Crippen molar-refractivity contribution in [2.24, 2.45) is 11.8 Å². The zero-order valence-electron chi connectivity index (χ0n) is 8.66. The molecule has 0 saturated heterocycles. The number of aliphatic hydroxyl groups is 1. The first-order valence-electron chi connectivity index (χ1n) is 5.15. The number of hydrogen-bond acceptors (Lipinski definition) is 2. The second kappa shape index (κ2) is 3.35. The maximum absolute atomic E-state index is 11.0. The van der Waals surface area contributed by atoms with Crippen molar-refractivity contribution < 1.29 is 9.90 Å². The van der Waals surface area contributed by atoms with E-state index in [0.29, 0.717) is 11.8 Å².